The molecule has 144 valence electrons. The lowest BCUT2D eigenvalue weighted by Gasteiger charge is -2.25. The average Bonchev–Trinajstić information content (AvgIpc) is 2.64. The fourth-order valence-electron chi connectivity index (χ4n) is 2.96. The van der Waals surface area contributed by atoms with E-state index in [1.807, 2.05) is 54.6 Å². The zero-order valence-corrected chi connectivity index (χ0v) is 15.9. The molecule has 0 aromatic heterocycles. The summed E-state index contributed by atoms with van der Waals surface area (Å²) in [4.78, 5) is 37.7. The number of carbonyl (C=O) groups excluding carboxylic acids is 3. The summed E-state index contributed by atoms with van der Waals surface area (Å²) in [5.74, 6) is -2.87. The second-order valence-corrected chi connectivity index (χ2v) is 8.18. The molecule has 0 bridgehead atoms. The number of carbonyl (C=O) groups is 3. The zero-order chi connectivity index (χ0) is 20.3. The Balaban J connectivity index is 1.92. The van der Waals surface area contributed by atoms with Gasteiger partial charge in [-0.3, -0.25) is 14.4 Å². The van der Waals surface area contributed by atoms with E-state index < -0.39 is 33.1 Å². The van der Waals surface area contributed by atoms with Crippen LogP contribution in [0.3, 0.4) is 0 Å². The van der Waals surface area contributed by atoms with Gasteiger partial charge in [-0.25, -0.2) is 13.1 Å². The molecule has 0 radical (unpaired) electrons. The Hall–Kier alpha value is -3.26. The molecule has 0 atom stereocenters. The van der Waals surface area contributed by atoms with Gasteiger partial charge in [0.2, 0.25) is 21.6 Å². The molecule has 1 aliphatic heterocycles. The molecule has 0 spiro atoms. The number of hydrogen-bond donors (Lipinski definition) is 1. The van der Waals surface area contributed by atoms with E-state index >= 15 is 0 Å². The summed E-state index contributed by atoms with van der Waals surface area (Å²) >= 11 is 0. The van der Waals surface area contributed by atoms with Gasteiger partial charge in [0.05, 0.1) is 12.8 Å². The van der Waals surface area contributed by atoms with Crippen molar-refractivity contribution >= 4 is 27.5 Å². The van der Waals surface area contributed by atoms with E-state index in [-0.39, 0.29) is 13.1 Å². The van der Waals surface area contributed by atoms with E-state index in [1.54, 1.807) is 4.72 Å². The van der Waals surface area contributed by atoms with Crippen LogP contribution in [-0.2, 0) is 31.0 Å². The van der Waals surface area contributed by atoms with Gasteiger partial charge in [-0.15, -0.1) is 0 Å². The lowest BCUT2D eigenvalue weighted by atomic mass is 9.98. The Morgan fingerprint density at radius 2 is 1.68 bits per heavy atom. The van der Waals surface area contributed by atoms with E-state index in [0.717, 1.165) is 22.9 Å². The SMILES string of the molecule is CS(=O)(=O)NC(=O)C1=CN(Cc2ccccc2-c2ccccc2)CC(=O)C1=O. The van der Waals surface area contributed by atoms with Crippen LogP contribution in [-0.4, -0.2) is 43.6 Å². The molecule has 2 aromatic rings. The summed E-state index contributed by atoms with van der Waals surface area (Å²) in [6, 6.07) is 17.3. The minimum atomic E-state index is -3.86. The van der Waals surface area contributed by atoms with Crippen LogP contribution in [0.4, 0.5) is 0 Å². The molecule has 0 unspecified atom stereocenters. The first-order valence-corrected chi connectivity index (χ1v) is 10.3. The standard InChI is InChI=1S/C20H18N2O5S/c1-28(26,27)21-20(25)17-12-22(13-18(23)19(17)24)11-15-9-5-6-10-16(15)14-7-3-2-4-8-14/h2-10,12H,11,13H2,1H3,(H,21,25). The molecule has 3 rings (SSSR count). The van der Waals surface area contributed by atoms with E-state index in [9.17, 15) is 22.8 Å². The fraction of sp³-hybridized carbons (Fsp3) is 0.150. The highest BCUT2D eigenvalue weighted by molar-refractivity contribution is 7.89. The van der Waals surface area contributed by atoms with Crippen LogP contribution < -0.4 is 4.72 Å². The van der Waals surface area contributed by atoms with Crippen LogP contribution >= 0.6 is 0 Å². The minimum absolute atomic E-state index is 0.183. The van der Waals surface area contributed by atoms with Crippen molar-refractivity contribution in [3.63, 3.8) is 0 Å². The second-order valence-electron chi connectivity index (χ2n) is 6.43. The Kier molecular flexibility index (Phi) is 5.41. The number of benzene rings is 2. The maximum absolute atomic E-state index is 12.1. The number of ketones is 2. The van der Waals surface area contributed by atoms with Crippen LogP contribution in [0.15, 0.2) is 66.4 Å². The number of Topliss-reactive ketones (excluding diaryl/α,β-unsaturated/α-hetero) is 2. The van der Waals surface area contributed by atoms with Crippen molar-refractivity contribution in [1.82, 2.24) is 9.62 Å². The highest BCUT2D eigenvalue weighted by atomic mass is 32.2. The quantitative estimate of drug-likeness (QED) is 0.601. The van der Waals surface area contributed by atoms with E-state index in [0.29, 0.717) is 0 Å². The monoisotopic (exact) mass is 398 g/mol. The van der Waals surface area contributed by atoms with Gasteiger partial charge in [0.1, 0.15) is 5.57 Å². The van der Waals surface area contributed by atoms with Crippen LogP contribution in [0, 0.1) is 0 Å². The Bertz CT molecular complexity index is 1070. The predicted molar refractivity (Wildman–Crippen MR) is 103 cm³/mol. The summed E-state index contributed by atoms with van der Waals surface area (Å²) < 4.78 is 24.3. The molecule has 0 aliphatic carbocycles. The minimum Gasteiger partial charge on any atom is -0.364 e. The summed E-state index contributed by atoms with van der Waals surface area (Å²) in [6.07, 6.45) is 2.04. The highest BCUT2D eigenvalue weighted by Crippen LogP contribution is 2.25. The van der Waals surface area contributed by atoms with Gasteiger partial charge in [-0.05, 0) is 16.7 Å². The molecule has 1 aliphatic rings. The predicted octanol–water partition coefficient (Wildman–Crippen LogP) is 1.27. The third-order valence-electron chi connectivity index (χ3n) is 4.15. The lowest BCUT2D eigenvalue weighted by Crippen LogP contribution is -2.42. The first-order chi connectivity index (χ1) is 13.2. The molecule has 1 amide bonds. The first kappa shape index (κ1) is 19.5. The molecule has 7 nitrogen and oxygen atoms in total. The molecule has 2 aromatic carbocycles. The van der Waals surface area contributed by atoms with E-state index in [4.69, 9.17) is 0 Å². The van der Waals surface area contributed by atoms with Crippen LogP contribution in [0.5, 0.6) is 0 Å². The maximum Gasteiger partial charge on any atom is 0.270 e. The third-order valence-corrected chi connectivity index (χ3v) is 4.71. The normalized spacial score (nSPS) is 14.6. The zero-order valence-electron chi connectivity index (χ0n) is 15.1. The van der Waals surface area contributed by atoms with E-state index in [2.05, 4.69) is 0 Å². The van der Waals surface area contributed by atoms with E-state index in [1.165, 1.54) is 11.1 Å². The van der Waals surface area contributed by atoms with Gasteiger partial charge < -0.3 is 4.90 Å². The fourth-order valence-corrected chi connectivity index (χ4v) is 3.40. The molecule has 1 N–H and O–H groups in total. The van der Waals surface area contributed by atoms with Crippen molar-refractivity contribution in [1.29, 1.82) is 0 Å². The van der Waals surface area contributed by atoms with Crippen molar-refractivity contribution in [3.05, 3.63) is 71.9 Å². The smallest absolute Gasteiger partial charge is 0.270 e. The van der Waals surface area contributed by atoms with Gasteiger partial charge in [0.15, 0.2) is 0 Å². The van der Waals surface area contributed by atoms with Gasteiger partial charge in [0, 0.05) is 12.7 Å². The number of hydrogen-bond acceptors (Lipinski definition) is 6. The Morgan fingerprint density at radius 1 is 1.04 bits per heavy atom. The van der Waals surface area contributed by atoms with Crippen molar-refractivity contribution in [3.8, 4) is 11.1 Å². The number of sulfonamides is 1. The molecular formula is C20H18N2O5S. The summed E-state index contributed by atoms with van der Waals surface area (Å²) in [5.41, 5.74) is 2.37. The van der Waals surface area contributed by atoms with Crippen LogP contribution in [0.1, 0.15) is 5.56 Å². The Labute approximate surface area is 162 Å². The summed E-state index contributed by atoms with van der Waals surface area (Å²) in [6.45, 7) is 0.0946. The van der Waals surface area contributed by atoms with Gasteiger partial charge >= 0.3 is 0 Å². The van der Waals surface area contributed by atoms with Crippen molar-refractivity contribution < 1.29 is 22.8 Å². The Morgan fingerprint density at radius 3 is 2.36 bits per heavy atom. The second kappa shape index (κ2) is 7.77. The lowest BCUT2D eigenvalue weighted by molar-refractivity contribution is -0.137. The van der Waals surface area contributed by atoms with Gasteiger partial charge in [0.25, 0.3) is 5.91 Å². The molecule has 0 fully saturated rings. The molecule has 8 heteroatoms. The van der Waals surface area contributed by atoms with Crippen molar-refractivity contribution in [2.24, 2.45) is 0 Å². The van der Waals surface area contributed by atoms with Gasteiger partial charge in [-0.2, -0.15) is 0 Å². The molecule has 28 heavy (non-hydrogen) atoms. The summed E-state index contributed by atoms with van der Waals surface area (Å²) in [7, 11) is -3.86. The van der Waals surface area contributed by atoms with Crippen molar-refractivity contribution in [2.45, 2.75) is 6.54 Å². The van der Waals surface area contributed by atoms with Crippen molar-refractivity contribution in [2.75, 3.05) is 12.8 Å². The summed E-state index contributed by atoms with van der Waals surface area (Å²) in [5, 5.41) is 0. The third kappa shape index (κ3) is 4.52. The highest BCUT2D eigenvalue weighted by Gasteiger charge is 2.32. The van der Waals surface area contributed by atoms with Gasteiger partial charge in [-0.1, -0.05) is 54.6 Å². The largest absolute Gasteiger partial charge is 0.364 e. The molecule has 0 saturated heterocycles. The number of nitrogens with zero attached hydrogens (tertiary/aromatic N) is 1. The number of nitrogens with one attached hydrogen (secondary N) is 1. The molecule has 0 saturated carbocycles. The molecular weight excluding hydrogens is 380 g/mol. The number of rotatable bonds is 5. The molecule has 1 heterocycles. The first-order valence-electron chi connectivity index (χ1n) is 8.43. The maximum atomic E-state index is 12.1. The topological polar surface area (TPSA) is 101 Å². The number of amides is 1. The average molecular weight is 398 g/mol. The van der Waals surface area contributed by atoms with Crippen LogP contribution in [0.2, 0.25) is 0 Å². The van der Waals surface area contributed by atoms with Crippen LogP contribution in [0.25, 0.3) is 11.1 Å².